The first-order chi connectivity index (χ1) is 9.97. The maximum atomic E-state index is 11.1. The third kappa shape index (κ3) is 4.04. The Hall–Kier alpha value is -1.88. The molecule has 1 unspecified atom stereocenters. The summed E-state index contributed by atoms with van der Waals surface area (Å²) >= 11 is 0. The number of hydrogen-bond acceptors (Lipinski definition) is 3. The van der Waals surface area contributed by atoms with E-state index < -0.39 is 11.9 Å². The molecule has 0 aromatic heterocycles. The molecule has 1 aliphatic rings. The smallest absolute Gasteiger partial charge is 0.310 e. The van der Waals surface area contributed by atoms with Crippen LogP contribution in [0.25, 0.3) is 0 Å². The maximum Gasteiger partial charge on any atom is 0.310 e. The van der Waals surface area contributed by atoms with Crippen molar-refractivity contribution in [3.05, 3.63) is 35.4 Å². The van der Waals surface area contributed by atoms with Crippen LogP contribution in [0.1, 0.15) is 36.8 Å². The number of carboxylic acids is 1. The van der Waals surface area contributed by atoms with E-state index in [2.05, 4.69) is 4.90 Å². The van der Waals surface area contributed by atoms with Crippen LogP contribution in [0.4, 0.5) is 0 Å². The molecule has 0 aliphatic carbocycles. The van der Waals surface area contributed by atoms with Gasteiger partial charge < -0.3 is 10.8 Å². The molecule has 1 fully saturated rings. The van der Waals surface area contributed by atoms with Crippen molar-refractivity contribution in [3.8, 4) is 0 Å². The summed E-state index contributed by atoms with van der Waals surface area (Å²) in [5, 5.41) is 8.99. The minimum atomic E-state index is -0.809. The van der Waals surface area contributed by atoms with Gasteiger partial charge in [-0.2, -0.15) is 0 Å². The molecule has 1 aromatic carbocycles. The Balaban J connectivity index is 1.90. The first kappa shape index (κ1) is 15.5. The molecule has 114 valence electrons. The van der Waals surface area contributed by atoms with E-state index in [-0.39, 0.29) is 11.8 Å². The van der Waals surface area contributed by atoms with Crippen LogP contribution < -0.4 is 5.73 Å². The van der Waals surface area contributed by atoms with Gasteiger partial charge in [-0.3, -0.25) is 14.5 Å². The molecule has 1 amide bonds. The molecule has 5 heteroatoms. The van der Waals surface area contributed by atoms with Crippen molar-refractivity contribution in [2.75, 3.05) is 13.1 Å². The lowest BCUT2D eigenvalue weighted by atomic mass is 9.95. The van der Waals surface area contributed by atoms with E-state index in [9.17, 15) is 9.59 Å². The highest BCUT2D eigenvalue weighted by molar-refractivity contribution is 5.76. The number of carboxylic acid groups (broad SMARTS) is 1. The largest absolute Gasteiger partial charge is 0.481 e. The van der Waals surface area contributed by atoms with E-state index in [1.165, 1.54) is 0 Å². The third-order valence-electron chi connectivity index (χ3n) is 4.25. The minimum Gasteiger partial charge on any atom is -0.481 e. The third-order valence-corrected chi connectivity index (χ3v) is 4.25. The molecule has 1 aromatic rings. The molecule has 0 radical (unpaired) electrons. The number of carbonyl (C=O) groups excluding carboxylic acids is 1. The summed E-state index contributed by atoms with van der Waals surface area (Å²) < 4.78 is 0. The van der Waals surface area contributed by atoms with Crippen LogP contribution in [-0.4, -0.2) is 35.0 Å². The normalized spacial score (nSPS) is 18.3. The number of amides is 1. The summed E-state index contributed by atoms with van der Waals surface area (Å²) in [5.41, 5.74) is 7.31. The number of benzene rings is 1. The molecule has 1 heterocycles. The molecule has 3 N–H and O–H groups in total. The van der Waals surface area contributed by atoms with Crippen molar-refractivity contribution < 1.29 is 14.7 Å². The zero-order chi connectivity index (χ0) is 15.4. The number of likely N-dealkylation sites (tertiary alicyclic amines) is 1. The Morgan fingerprint density at radius 3 is 2.33 bits per heavy atom. The number of nitrogens with zero attached hydrogens (tertiary/aromatic N) is 1. The molecular weight excluding hydrogens is 268 g/mol. The average molecular weight is 290 g/mol. The van der Waals surface area contributed by atoms with Crippen LogP contribution in [0.3, 0.4) is 0 Å². The number of primary amides is 1. The van der Waals surface area contributed by atoms with Crippen molar-refractivity contribution in [1.29, 1.82) is 0 Å². The van der Waals surface area contributed by atoms with Gasteiger partial charge in [0.2, 0.25) is 5.91 Å². The van der Waals surface area contributed by atoms with Gasteiger partial charge in [0.15, 0.2) is 0 Å². The molecule has 2 rings (SSSR count). The van der Waals surface area contributed by atoms with Gasteiger partial charge in [-0.1, -0.05) is 24.3 Å². The van der Waals surface area contributed by atoms with Gasteiger partial charge in [-0.05, 0) is 44.0 Å². The second kappa shape index (κ2) is 6.72. The molecular formula is C16H22N2O3. The van der Waals surface area contributed by atoms with Crippen LogP contribution in [0, 0.1) is 5.92 Å². The van der Waals surface area contributed by atoms with E-state index in [1.54, 1.807) is 6.92 Å². The molecule has 0 bridgehead atoms. The van der Waals surface area contributed by atoms with Crippen LogP contribution in [0.15, 0.2) is 24.3 Å². The average Bonchev–Trinajstić information content (AvgIpc) is 2.47. The summed E-state index contributed by atoms with van der Waals surface area (Å²) in [6.07, 6.45) is 1.65. The summed E-state index contributed by atoms with van der Waals surface area (Å²) in [6, 6.07) is 7.72. The first-order valence-corrected chi connectivity index (χ1v) is 7.30. The lowest BCUT2D eigenvalue weighted by molar-refractivity contribution is -0.138. The number of aliphatic carboxylic acids is 1. The van der Waals surface area contributed by atoms with Gasteiger partial charge in [0.05, 0.1) is 5.92 Å². The first-order valence-electron chi connectivity index (χ1n) is 7.30. The van der Waals surface area contributed by atoms with Crippen LogP contribution in [0.2, 0.25) is 0 Å². The molecule has 21 heavy (non-hydrogen) atoms. The van der Waals surface area contributed by atoms with E-state index in [1.807, 2.05) is 24.3 Å². The fourth-order valence-corrected chi connectivity index (χ4v) is 2.69. The van der Waals surface area contributed by atoms with Crippen molar-refractivity contribution in [2.45, 2.75) is 32.2 Å². The number of nitrogens with two attached hydrogens (primary N) is 1. The van der Waals surface area contributed by atoms with Crippen molar-refractivity contribution in [1.82, 2.24) is 4.90 Å². The Bertz CT molecular complexity index is 505. The van der Waals surface area contributed by atoms with Crippen molar-refractivity contribution in [2.24, 2.45) is 11.7 Å². The lowest BCUT2D eigenvalue weighted by Crippen LogP contribution is -2.38. The number of piperidine rings is 1. The lowest BCUT2D eigenvalue weighted by Gasteiger charge is -2.30. The van der Waals surface area contributed by atoms with Gasteiger partial charge in [-0.15, -0.1) is 0 Å². The molecule has 0 saturated carbocycles. The van der Waals surface area contributed by atoms with E-state index in [0.717, 1.165) is 43.6 Å². The van der Waals surface area contributed by atoms with Gasteiger partial charge in [0.1, 0.15) is 0 Å². The summed E-state index contributed by atoms with van der Waals surface area (Å²) in [4.78, 5) is 24.4. The minimum absolute atomic E-state index is 0.0139. The van der Waals surface area contributed by atoms with Gasteiger partial charge >= 0.3 is 5.97 Å². The van der Waals surface area contributed by atoms with Crippen molar-refractivity contribution >= 4 is 11.9 Å². The highest BCUT2D eigenvalue weighted by Crippen LogP contribution is 2.20. The van der Waals surface area contributed by atoms with E-state index >= 15 is 0 Å². The van der Waals surface area contributed by atoms with E-state index in [4.69, 9.17) is 10.8 Å². The van der Waals surface area contributed by atoms with Gasteiger partial charge in [0.25, 0.3) is 0 Å². The van der Waals surface area contributed by atoms with Gasteiger partial charge in [-0.25, -0.2) is 0 Å². The van der Waals surface area contributed by atoms with Crippen LogP contribution in [-0.2, 0) is 16.1 Å². The van der Waals surface area contributed by atoms with Crippen molar-refractivity contribution in [3.63, 3.8) is 0 Å². The van der Waals surface area contributed by atoms with Crippen LogP contribution in [0.5, 0.6) is 0 Å². The molecule has 1 atom stereocenters. The fourth-order valence-electron chi connectivity index (χ4n) is 2.69. The predicted molar refractivity (Wildman–Crippen MR) is 79.7 cm³/mol. The Morgan fingerprint density at radius 2 is 1.86 bits per heavy atom. The topological polar surface area (TPSA) is 83.6 Å². The SMILES string of the molecule is CC(C(=O)O)c1ccc(CN2CCC(C(N)=O)CC2)cc1. The zero-order valence-corrected chi connectivity index (χ0v) is 12.3. The Morgan fingerprint density at radius 1 is 1.29 bits per heavy atom. The standard InChI is InChI=1S/C16H22N2O3/c1-11(16(20)21)13-4-2-12(3-5-13)10-18-8-6-14(7-9-18)15(17)19/h2-5,11,14H,6-10H2,1H3,(H2,17,19)(H,20,21). The van der Waals surface area contributed by atoms with Crippen LogP contribution >= 0.6 is 0 Å². The molecule has 1 aliphatic heterocycles. The maximum absolute atomic E-state index is 11.1. The Labute approximate surface area is 124 Å². The summed E-state index contributed by atoms with van der Waals surface area (Å²) in [5.74, 6) is -1.47. The quantitative estimate of drug-likeness (QED) is 0.862. The number of carbonyl (C=O) groups is 2. The highest BCUT2D eigenvalue weighted by atomic mass is 16.4. The predicted octanol–water partition coefficient (Wildman–Crippen LogP) is 1.57. The van der Waals surface area contributed by atoms with Gasteiger partial charge in [0, 0.05) is 12.5 Å². The molecule has 1 saturated heterocycles. The zero-order valence-electron chi connectivity index (χ0n) is 12.3. The number of hydrogen-bond donors (Lipinski definition) is 2. The second-order valence-electron chi connectivity index (χ2n) is 5.75. The fraction of sp³-hybridized carbons (Fsp3) is 0.500. The summed E-state index contributed by atoms with van der Waals surface area (Å²) in [7, 11) is 0. The summed E-state index contributed by atoms with van der Waals surface area (Å²) in [6.45, 7) is 4.26. The highest BCUT2D eigenvalue weighted by Gasteiger charge is 2.23. The molecule has 5 nitrogen and oxygen atoms in total. The molecule has 0 spiro atoms. The Kier molecular flexibility index (Phi) is 4.96. The van der Waals surface area contributed by atoms with E-state index in [0.29, 0.717) is 0 Å². The second-order valence-corrected chi connectivity index (χ2v) is 5.75. The number of rotatable bonds is 5. The monoisotopic (exact) mass is 290 g/mol.